The highest BCUT2D eigenvalue weighted by Crippen LogP contribution is 2.37. The van der Waals surface area contributed by atoms with Crippen LogP contribution in [0.3, 0.4) is 0 Å². The number of benzene rings is 6. The summed E-state index contributed by atoms with van der Waals surface area (Å²) in [6, 6.07) is 32.6. The summed E-state index contributed by atoms with van der Waals surface area (Å²) in [5, 5.41) is 0. The largest absolute Gasteiger partial charge is 0.573 e. The number of ether oxygens (including phenoxy) is 2. The molecule has 0 N–H and O–H groups in total. The topological polar surface area (TPSA) is 18.5 Å². The number of aryl methyl sites for hydroxylation is 2. The Morgan fingerprint density at radius 2 is 0.792 bits per heavy atom. The summed E-state index contributed by atoms with van der Waals surface area (Å²) in [6.07, 6.45) is -8.70. The average molecular weight is 1170 g/mol. The van der Waals surface area contributed by atoms with Crippen molar-refractivity contribution >= 4 is 90.4 Å². The van der Waals surface area contributed by atoms with Crippen molar-refractivity contribution in [3.63, 3.8) is 0 Å². The van der Waals surface area contributed by atoms with E-state index in [0.717, 1.165) is 70.8 Å². The molecule has 272 valence electrons. The summed E-state index contributed by atoms with van der Waals surface area (Å²) in [5.74, 6) is -0.510. The van der Waals surface area contributed by atoms with Crippen molar-refractivity contribution in [3.8, 4) is 56.0 Å². The van der Waals surface area contributed by atoms with Gasteiger partial charge in [-0.05, 0) is 220 Å². The molecule has 0 fully saturated rings. The standard InChI is InChI=1S/C41H26F6I4O2/c1-22-15-26(24-3-9-30(10-4-24)52-40(42,43)44)7-13-32(22)29-19-38(50)35(39(51)20-29)21-34-23(2)16-28(18-37(34)49)33-14-8-27(17-36(33)48)25-5-11-31(12-6-25)53-41(45,46)47/h3-20H,21H2,1-2H3. The molecule has 0 spiro atoms. The van der Waals surface area contributed by atoms with Crippen molar-refractivity contribution < 1.29 is 35.8 Å². The maximum atomic E-state index is 12.6. The van der Waals surface area contributed by atoms with Gasteiger partial charge in [0.25, 0.3) is 0 Å². The zero-order valence-electron chi connectivity index (χ0n) is 27.7. The van der Waals surface area contributed by atoms with Gasteiger partial charge in [0, 0.05) is 20.7 Å². The van der Waals surface area contributed by atoms with Gasteiger partial charge in [0.1, 0.15) is 11.5 Å². The molecule has 6 rings (SSSR count). The van der Waals surface area contributed by atoms with Crippen molar-refractivity contribution in [2.75, 3.05) is 0 Å². The van der Waals surface area contributed by atoms with Gasteiger partial charge in [-0.2, -0.15) is 0 Å². The molecule has 0 saturated carbocycles. The van der Waals surface area contributed by atoms with E-state index in [2.05, 4.69) is 137 Å². The predicted molar refractivity (Wildman–Crippen MR) is 231 cm³/mol. The molecule has 0 aliphatic rings. The smallest absolute Gasteiger partial charge is 0.406 e. The van der Waals surface area contributed by atoms with Crippen LogP contribution in [0.25, 0.3) is 44.5 Å². The van der Waals surface area contributed by atoms with Crippen LogP contribution in [-0.2, 0) is 6.42 Å². The minimum Gasteiger partial charge on any atom is -0.406 e. The first-order chi connectivity index (χ1) is 24.9. The van der Waals surface area contributed by atoms with Crippen LogP contribution in [0, 0.1) is 28.1 Å². The predicted octanol–water partition coefficient (Wildman–Crippen LogP) is 14.8. The molecule has 0 atom stereocenters. The Kier molecular flexibility index (Phi) is 12.3. The Hall–Kier alpha value is -2.58. The normalized spacial score (nSPS) is 11.8. The van der Waals surface area contributed by atoms with Crippen LogP contribution in [0.5, 0.6) is 11.5 Å². The van der Waals surface area contributed by atoms with E-state index in [-0.39, 0.29) is 11.5 Å². The second-order valence-corrected chi connectivity index (χ2v) is 16.9. The average Bonchev–Trinajstić information content (AvgIpc) is 3.06. The molecular weight excluding hydrogens is 1150 g/mol. The summed E-state index contributed by atoms with van der Waals surface area (Å²) in [5.41, 5.74) is 12.4. The first kappa shape index (κ1) is 40.1. The lowest BCUT2D eigenvalue weighted by molar-refractivity contribution is -0.275. The van der Waals surface area contributed by atoms with Gasteiger partial charge < -0.3 is 9.47 Å². The third kappa shape index (κ3) is 10.00. The molecule has 0 heterocycles. The van der Waals surface area contributed by atoms with Crippen LogP contribution in [0.4, 0.5) is 26.3 Å². The lowest BCUT2D eigenvalue weighted by atomic mass is 9.93. The van der Waals surface area contributed by atoms with Gasteiger partial charge >= 0.3 is 12.7 Å². The molecule has 0 saturated heterocycles. The van der Waals surface area contributed by atoms with Crippen molar-refractivity contribution in [3.05, 3.63) is 146 Å². The molecule has 12 heteroatoms. The minimum absolute atomic E-state index is 0.254. The van der Waals surface area contributed by atoms with E-state index >= 15 is 0 Å². The Morgan fingerprint density at radius 3 is 1.23 bits per heavy atom. The second kappa shape index (κ2) is 16.3. The fourth-order valence-corrected chi connectivity index (χ4v) is 9.98. The summed E-state index contributed by atoms with van der Waals surface area (Å²) in [4.78, 5) is 0. The maximum Gasteiger partial charge on any atom is 0.573 e. The third-order valence-corrected chi connectivity index (χ3v) is 12.4. The van der Waals surface area contributed by atoms with Crippen molar-refractivity contribution in [1.29, 1.82) is 0 Å². The van der Waals surface area contributed by atoms with Gasteiger partial charge in [-0.1, -0.05) is 60.7 Å². The zero-order chi connectivity index (χ0) is 38.2. The van der Waals surface area contributed by atoms with Crippen LogP contribution in [0.15, 0.2) is 109 Å². The Bertz CT molecular complexity index is 2090. The molecular formula is C41H26F6I4O2. The fraction of sp³-hybridized carbons (Fsp3) is 0.122. The molecule has 0 aliphatic carbocycles. The number of rotatable bonds is 8. The van der Waals surface area contributed by atoms with E-state index in [1.165, 1.54) is 41.0 Å². The highest BCUT2D eigenvalue weighted by atomic mass is 127. The number of halogens is 10. The molecule has 0 radical (unpaired) electrons. The molecule has 0 aliphatic heterocycles. The highest BCUT2D eigenvalue weighted by molar-refractivity contribution is 14.1. The van der Waals surface area contributed by atoms with Gasteiger partial charge in [-0.3, -0.25) is 0 Å². The summed E-state index contributed by atoms with van der Waals surface area (Å²) < 4.78 is 87.9. The first-order valence-electron chi connectivity index (χ1n) is 15.8. The first-order valence-corrected chi connectivity index (χ1v) is 20.2. The van der Waals surface area contributed by atoms with E-state index in [1.54, 1.807) is 24.3 Å². The van der Waals surface area contributed by atoms with Crippen molar-refractivity contribution in [2.24, 2.45) is 0 Å². The van der Waals surface area contributed by atoms with Crippen LogP contribution in [0.1, 0.15) is 22.3 Å². The second-order valence-electron chi connectivity index (χ2n) is 12.2. The number of hydrogen-bond donors (Lipinski definition) is 0. The molecule has 0 aromatic heterocycles. The van der Waals surface area contributed by atoms with E-state index < -0.39 is 12.7 Å². The minimum atomic E-state index is -4.73. The zero-order valence-corrected chi connectivity index (χ0v) is 36.3. The molecule has 0 bridgehead atoms. The Balaban J connectivity index is 1.20. The molecule has 6 aromatic rings. The highest BCUT2D eigenvalue weighted by Gasteiger charge is 2.31. The van der Waals surface area contributed by atoms with Gasteiger partial charge in [-0.25, -0.2) is 0 Å². The van der Waals surface area contributed by atoms with E-state index in [4.69, 9.17) is 0 Å². The van der Waals surface area contributed by atoms with E-state index in [0.29, 0.717) is 0 Å². The van der Waals surface area contributed by atoms with Gasteiger partial charge in [0.2, 0.25) is 0 Å². The maximum absolute atomic E-state index is 12.6. The molecule has 0 unspecified atom stereocenters. The van der Waals surface area contributed by atoms with Crippen LogP contribution >= 0.6 is 90.4 Å². The molecule has 0 amide bonds. The van der Waals surface area contributed by atoms with Crippen LogP contribution in [-0.4, -0.2) is 12.7 Å². The summed E-state index contributed by atoms with van der Waals surface area (Å²) in [6.45, 7) is 4.16. The Labute approximate surface area is 357 Å². The Morgan fingerprint density at radius 1 is 0.415 bits per heavy atom. The lowest BCUT2D eigenvalue weighted by Crippen LogP contribution is -2.16. The fourth-order valence-electron chi connectivity index (χ4n) is 6.05. The van der Waals surface area contributed by atoms with E-state index in [1.807, 2.05) is 37.3 Å². The van der Waals surface area contributed by atoms with Gasteiger partial charge in [-0.15, -0.1) is 26.3 Å². The summed E-state index contributed by atoms with van der Waals surface area (Å²) in [7, 11) is 0. The quantitative estimate of drug-likeness (QED) is 0.112. The van der Waals surface area contributed by atoms with E-state index in [9.17, 15) is 26.3 Å². The molecule has 6 aromatic carbocycles. The van der Waals surface area contributed by atoms with Crippen molar-refractivity contribution in [2.45, 2.75) is 33.0 Å². The molecule has 53 heavy (non-hydrogen) atoms. The van der Waals surface area contributed by atoms with Gasteiger partial charge in [0.05, 0.1) is 0 Å². The number of hydrogen-bond acceptors (Lipinski definition) is 2. The van der Waals surface area contributed by atoms with Crippen LogP contribution in [0.2, 0.25) is 0 Å². The van der Waals surface area contributed by atoms with Gasteiger partial charge in [0.15, 0.2) is 0 Å². The monoisotopic (exact) mass is 1170 g/mol. The summed E-state index contributed by atoms with van der Waals surface area (Å²) >= 11 is 9.52. The lowest BCUT2D eigenvalue weighted by Gasteiger charge is -2.17. The third-order valence-electron chi connectivity index (χ3n) is 8.57. The van der Waals surface area contributed by atoms with Crippen molar-refractivity contribution in [1.82, 2.24) is 0 Å². The van der Waals surface area contributed by atoms with Crippen LogP contribution < -0.4 is 9.47 Å². The number of alkyl halides is 6. The SMILES string of the molecule is Cc1cc(-c2ccc(OC(F)(F)F)cc2)ccc1-c1cc(I)c(Cc2c(C)cc(-c3ccc(-c4ccc(OC(F)(F)F)cc4)cc3I)cc2I)c(I)c1. The molecule has 2 nitrogen and oxygen atoms in total.